The molecule has 0 saturated carbocycles. The van der Waals surface area contributed by atoms with Crippen molar-refractivity contribution in [2.24, 2.45) is 0 Å². The fraction of sp³-hybridized carbons (Fsp3) is 0.485. The molecule has 0 unspecified atom stereocenters. The Morgan fingerprint density at radius 3 is 2.27 bits per heavy atom. The van der Waals surface area contributed by atoms with E-state index in [1.165, 1.54) is 5.57 Å². The Hall–Kier alpha value is -2.79. The van der Waals surface area contributed by atoms with Crippen LogP contribution in [0.2, 0.25) is 0 Å². The van der Waals surface area contributed by atoms with E-state index in [-0.39, 0.29) is 12.5 Å². The van der Waals surface area contributed by atoms with Crippen LogP contribution in [-0.2, 0) is 11.4 Å². The molecule has 0 aromatic heterocycles. The highest BCUT2D eigenvalue weighted by Gasteiger charge is 2.21. The summed E-state index contributed by atoms with van der Waals surface area (Å²) in [6, 6.07) is 6.29. The van der Waals surface area contributed by atoms with Crippen LogP contribution in [0.3, 0.4) is 0 Å². The second kappa shape index (κ2) is 30.7. The third-order valence-electron chi connectivity index (χ3n) is 5.17. The number of likely N-dealkylation sites (tertiary alicyclic amines) is 1. The van der Waals surface area contributed by atoms with Gasteiger partial charge in [-0.25, -0.2) is 0 Å². The number of amides is 1. The minimum Gasteiger partial charge on any atom is -0.392 e. The Balaban J connectivity index is -0.000000713. The van der Waals surface area contributed by atoms with Crippen LogP contribution < -0.4 is 16.0 Å². The number of piperidine rings is 1. The van der Waals surface area contributed by atoms with Gasteiger partial charge in [0.25, 0.3) is 0 Å². The molecule has 0 atom stereocenters. The Morgan fingerprint density at radius 1 is 1.18 bits per heavy atom. The largest absolute Gasteiger partial charge is 0.392 e. The first-order chi connectivity index (χ1) is 19.3. The first kappa shape index (κ1) is 41.7. The molecule has 1 amide bonds. The number of allylic oxidation sites excluding steroid dienone is 5. The third-order valence-corrected chi connectivity index (χ3v) is 5.66. The second-order valence-electron chi connectivity index (χ2n) is 8.38. The predicted molar refractivity (Wildman–Crippen MR) is 180 cm³/mol. The summed E-state index contributed by atoms with van der Waals surface area (Å²) >= 11 is 3.43. The average molecular weight is 620 g/mol. The molecule has 1 saturated heterocycles. The van der Waals surface area contributed by atoms with Crippen LogP contribution >= 0.6 is 15.9 Å². The molecule has 1 aromatic rings. The second-order valence-corrected chi connectivity index (χ2v) is 9.30. The van der Waals surface area contributed by atoms with Crippen LogP contribution in [0.15, 0.2) is 71.4 Å². The summed E-state index contributed by atoms with van der Waals surface area (Å²) in [4.78, 5) is 14.0. The van der Waals surface area contributed by atoms with Gasteiger partial charge < -0.3 is 21.1 Å². The predicted octanol–water partition coefficient (Wildman–Crippen LogP) is 7.05. The first-order valence-corrected chi connectivity index (χ1v) is 14.8. The van der Waals surface area contributed by atoms with Gasteiger partial charge in [-0.05, 0) is 77.4 Å². The van der Waals surface area contributed by atoms with Gasteiger partial charge in [0.15, 0.2) is 0 Å². The third kappa shape index (κ3) is 23.1. The number of aliphatic hydroxyl groups excluding tert-OH is 1. The van der Waals surface area contributed by atoms with Crippen molar-refractivity contribution < 1.29 is 9.90 Å². The van der Waals surface area contributed by atoms with Gasteiger partial charge in [0.05, 0.1) is 13.2 Å². The van der Waals surface area contributed by atoms with Crippen LogP contribution in [0.4, 0.5) is 5.69 Å². The average Bonchev–Trinajstić information content (AvgIpc) is 2.97. The lowest BCUT2D eigenvalue weighted by atomic mass is 10.0. The van der Waals surface area contributed by atoms with Crippen molar-refractivity contribution in [3.63, 3.8) is 0 Å². The molecule has 1 aromatic carbocycles. The van der Waals surface area contributed by atoms with Crippen molar-refractivity contribution in [3.8, 4) is 12.8 Å². The summed E-state index contributed by atoms with van der Waals surface area (Å²) in [5.74, 6) is 0.0787. The molecule has 0 bridgehead atoms. The lowest BCUT2D eigenvalue weighted by Crippen LogP contribution is -2.44. The van der Waals surface area contributed by atoms with E-state index in [0.29, 0.717) is 19.1 Å². The molecule has 0 radical (unpaired) electrons. The summed E-state index contributed by atoms with van der Waals surface area (Å²) in [6.07, 6.45) is 21.7. The van der Waals surface area contributed by atoms with E-state index < -0.39 is 0 Å². The molecule has 226 valence electrons. The Morgan fingerprint density at radius 2 is 1.77 bits per heavy atom. The fourth-order valence-electron chi connectivity index (χ4n) is 3.41. The summed E-state index contributed by atoms with van der Waals surface area (Å²) in [5.41, 5.74) is 3.15. The quantitative estimate of drug-likeness (QED) is 0.128. The van der Waals surface area contributed by atoms with Crippen molar-refractivity contribution in [1.29, 1.82) is 0 Å². The molecular formula is C33H55BrN4O2. The standard InChI is InChI=1S/C18H26BrN3O2.C8H15N.C3H6.C2H6.C2H2/c1-2-3-8-20-18(24)12-22-9-6-16(7-10-22)21-17-5-4-15(19)11-14(17)13-23;1-4-6-8(3)7-9-5-2;1-3-2;2*1-2/h2-5,11,16,21,23H,6-10,12-13H2,1H3,(H,20,24);4,6-7,9H,5H2,1-3H3;3H,1H2,2H3;1-2H3;1-2H/b3-2-;6-4+,8-7-;;;. The first-order valence-electron chi connectivity index (χ1n) is 14.0. The van der Waals surface area contributed by atoms with Crippen molar-refractivity contribution in [2.45, 2.75) is 74.0 Å². The summed E-state index contributed by atoms with van der Waals surface area (Å²) in [6.45, 7) is 21.2. The SMILES string of the molecule is C#C.C/C=C/C(C)=C\NCC.C/C=C\CNC(=O)CN1CCC(Nc2ccc(Br)cc2CO)CC1.C=CC.CC. The number of carbonyl (C=O) groups excluding carboxylic acids is 1. The molecule has 1 aliphatic heterocycles. The number of hydrogen-bond donors (Lipinski definition) is 4. The minimum atomic E-state index is 0.0208. The number of terminal acetylenes is 1. The Kier molecular flexibility index (Phi) is 32.0. The van der Waals surface area contributed by atoms with Crippen LogP contribution in [0.25, 0.3) is 0 Å². The number of nitrogens with one attached hydrogen (secondary N) is 3. The van der Waals surface area contributed by atoms with Crippen LogP contribution in [-0.4, -0.2) is 54.7 Å². The lowest BCUT2D eigenvalue weighted by Gasteiger charge is -2.32. The van der Waals surface area contributed by atoms with E-state index in [4.69, 9.17) is 0 Å². The van der Waals surface area contributed by atoms with Crippen LogP contribution in [0.1, 0.15) is 66.9 Å². The van der Waals surface area contributed by atoms with Gasteiger partial charge in [0, 0.05) is 47.9 Å². The van der Waals surface area contributed by atoms with E-state index in [1.54, 1.807) is 6.08 Å². The van der Waals surface area contributed by atoms with Crippen LogP contribution in [0.5, 0.6) is 0 Å². The zero-order chi connectivity index (χ0) is 31.2. The van der Waals surface area contributed by atoms with Gasteiger partial charge in [0.1, 0.15) is 0 Å². The molecule has 40 heavy (non-hydrogen) atoms. The molecule has 6 nitrogen and oxygen atoms in total. The van der Waals surface area contributed by atoms with Crippen molar-refractivity contribution in [3.05, 3.63) is 77.0 Å². The van der Waals surface area contributed by atoms with E-state index >= 15 is 0 Å². The summed E-state index contributed by atoms with van der Waals surface area (Å²) in [7, 11) is 0. The number of nitrogens with zero attached hydrogens (tertiary/aromatic N) is 1. The zero-order valence-electron chi connectivity index (χ0n) is 26.0. The molecule has 7 heteroatoms. The number of halogens is 1. The number of hydrogen-bond acceptors (Lipinski definition) is 5. The molecule has 0 spiro atoms. The van der Waals surface area contributed by atoms with Crippen molar-refractivity contribution >= 4 is 27.5 Å². The van der Waals surface area contributed by atoms with Gasteiger partial charge in [0.2, 0.25) is 5.91 Å². The maximum atomic E-state index is 11.8. The topological polar surface area (TPSA) is 76.6 Å². The van der Waals surface area contributed by atoms with E-state index in [2.05, 4.69) is 76.1 Å². The van der Waals surface area contributed by atoms with Gasteiger partial charge in [-0.1, -0.05) is 60.2 Å². The van der Waals surface area contributed by atoms with Crippen molar-refractivity contribution in [1.82, 2.24) is 15.5 Å². The molecule has 1 heterocycles. The number of carbonyl (C=O) groups is 1. The highest BCUT2D eigenvalue weighted by molar-refractivity contribution is 9.10. The summed E-state index contributed by atoms with van der Waals surface area (Å²) in [5, 5.41) is 19.0. The maximum Gasteiger partial charge on any atom is 0.234 e. The van der Waals surface area contributed by atoms with Gasteiger partial charge in [-0.3, -0.25) is 9.69 Å². The Bertz CT molecular complexity index is 870. The van der Waals surface area contributed by atoms with E-state index in [0.717, 1.165) is 48.2 Å². The fourth-order valence-corrected chi connectivity index (χ4v) is 3.82. The van der Waals surface area contributed by atoms with Gasteiger partial charge in [-0.15, -0.1) is 19.4 Å². The molecule has 1 fully saturated rings. The van der Waals surface area contributed by atoms with Gasteiger partial charge in [-0.2, -0.15) is 0 Å². The monoisotopic (exact) mass is 618 g/mol. The molecule has 2 rings (SSSR count). The normalized spacial score (nSPS) is 13.2. The molecule has 0 aliphatic carbocycles. The zero-order valence-corrected chi connectivity index (χ0v) is 27.6. The highest BCUT2D eigenvalue weighted by Crippen LogP contribution is 2.24. The van der Waals surface area contributed by atoms with Crippen LogP contribution in [0, 0.1) is 12.8 Å². The van der Waals surface area contributed by atoms with Crippen molar-refractivity contribution in [2.75, 3.05) is 38.0 Å². The minimum absolute atomic E-state index is 0.0208. The van der Waals surface area contributed by atoms with E-state index in [1.807, 2.05) is 77.2 Å². The van der Waals surface area contributed by atoms with E-state index in [9.17, 15) is 9.90 Å². The highest BCUT2D eigenvalue weighted by atomic mass is 79.9. The number of rotatable bonds is 10. The smallest absolute Gasteiger partial charge is 0.234 e. The number of aliphatic hydroxyl groups is 1. The molecule has 1 aliphatic rings. The van der Waals surface area contributed by atoms with Gasteiger partial charge >= 0.3 is 0 Å². The Labute approximate surface area is 254 Å². The number of benzene rings is 1. The number of anilines is 1. The summed E-state index contributed by atoms with van der Waals surface area (Å²) < 4.78 is 0.968. The molecular weight excluding hydrogens is 564 g/mol. The molecule has 4 N–H and O–H groups in total. The maximum absolute atomic E-state index is 11.8. The lowest BCUT2D eigenvalue weighted by molar-refractivity contribution is -0.122.